The predicted molar refractivity (Wildman–Crippen MR) is 102 cm³/mol. The molecule has 7 nitrogen and oxygen atoms in total. The van der Waals surface area contributed by atoms with Crippen molar-refractivity contribution in [2.24, 2.45) is 0 Å². The summed E-state index contributed by atoms with van der Waals surface area (Å²) in [6.45, 7) is 1.24. The van der Waals surface area contributed by atoms with Crippen LogP contribution in [0.5, 0.6) is 11.5 Å². The summed E-state index contributed by atoms with van der Waals surface area (Å²) in [5, 5.41) is 15.3. The number of alkyl halides is 2. The minimum atomic E-state index is -2.92. The lowest BCUT2D eigenvalue weighted by molar-refractivity contribution is -0.0514. The van der Waals surface area contributed by atoms with Gasteiger partial charge < -0.3 is 14.8 Å². The van der Waals surface area contributed by atoms with Gasteiger partial charge in [0, 0.05) is 0 Å². The Hall–Kier alpha value is -3.23. The van der Waals surface area contributed by atoms with E-state index >= 15 is 0 Å². The molecule has 0 spiro atoms. The summed E-state index contributed by atoms with van der Waals surface area (Å²) in [5.41, 5.74) is 3.15. The minimum absolute atomic E-state index is 0.00549. The van der Waals surface area contributed by atoms with E-state index in [1.807, 2.05) is 19.1 Å². The monoisotopic (exact) mass is 401 g/mol. The Morgan fingerprint density at radius 1 is 1.17 bits per heavy atom. The van der Waals surface area contributed by atoms with E-state index in [-0.39, 0.29) is 23.6 Å². The fourth-order valence-corrected chi connectivity index (χ4v) is 3.61. The van der Waals surface area contributed by atoms with Gasteiger partial charge in [-0.25, -0.2) is 4.68 Å². The Labute approximate surface area is 166 Å². The molecule has 0 aliphatic carbocycles. The molecule has 0 radical (unpaired) electrons. The third kappa shape index (κ3) is 3.98. The van der Waals surface area contributed by atoms with Crippen LogP contribution >= 0.6 is 0 Å². The standard InChI is InChI=1S/C20H21F2N5O2/c1-3-28-18-10-14(7-8-17(18)29-19(21)22)16-11-15(13-6-4-5-12(2)9-13)23-20-24-25-26-27(16)20/h4-10,15-16,19H,3,11H2,1-2H3,(H,23,24,26). The number of hydrogen-bond donors (Lipinski definition) is 1. The zero-order chi connectivity index (χ0) is 20.4. The Balaban J connectivity index is 1.70. The number of halogens is 2. The largest absolute Gasteiger partial charge is 0.490 e. The number of ether oxygens (including phenoxy) is 2. The molecule has 0 amide bonds. The summed E-state index contributed by atoms with van der Waals surface area (Å²) >= 11 is 0. The molecule has 0 fully saturated rings. The first-order valence-electron chi connectivity index (χ1n) is 9.37. The molecule has 2 aromatic carbocycles. The highest BCUT2D eigenvalue weighted by atomic mass is 19.3. The van der Waals surface area contributed by atoms with Crippen LogP contribution in [-0.4, -0.2) is 33.4 Å². The molecule has 0 saturated carbocycles. The highest BCUT2D eigenvalue weighted by Gasteiger charge is 2.31. The minimum Gasteiger partial charge on any atom is -0.490 e. The van der Waals surface area contributed by atoms with Crippen LogP contribution < -0.4 is 14.8 Å². The predicted octanol–water partition coefficient (Wildman–Crippen LogP) is 4.13. The molecule has 2 atom stereocenters. The quantitative estimate of drug-likeness (QED) is 0.670. The van der Waals surface area contributed by atoms with Gasteiger partial charge in [-0.05, 0) is 54.0 Å². The molecule has 9 heteroatoms. The van der Waals surface area contributed by atoms with E-state index in [0.717, 1.165) is 16.7 Å². The summed E-state index contributed by atoms with van der Waals surface area (Å²) in [6.07, 6.45) is 0.683. The summed E-state index contributed by atoms with van der Waals surface area (Å²) < 4.78 is 37.2. The van der Waals surface area contributed by atoms with Crippen molar-refractivity contribution in [1.82, 2.24) is 20.2 Å². The Morgan fingerprint density at radius 2 is 2.03 bits per heavy atom. The van der Waals surface area contributed by atoms with E-state index in [1.165, 1.54) is 6.07 Å². The number of hydrogen-bond acceptors (Lipinski definition) is 6. The van der Waals surface area contributed by atoms with Gasteiger partial charge >= 0.3 is 6.61 Å². The molecular weight excluding hydrogens is 380 g/mol. The van der Waals surface area contributed by atoms with E-state index < -0.39 is 6.61 Å². The Kier molecular flexibility index (Phi) is 5.28. The fraction of sp³-hybridized carbons (Fsp3) is 0.350. The van der Waals surface area contributed by atoms with E-state index in [1.54, 1.807) is 23.7 Å². The van der Waals surface area contributed by atoms with E-state index in [4.69, 9.17) is 4.74 Å². The first kappa shape index (κ1) is 19.1. The van der Waals surface area contributed by atoms with Crippen LogP contribution in [-0.2, 0) is 0 Å². The average molecular weight is 401 g/mol. The number of aryl methyl sites for hydroxylation is 1. The average Bonchev–Trinajstić information content (AvgIpc) is 3.17. The molecule has 0 saturated heterocycles. The first-order chi connectivity index (χ1) is 14.0. The van der Waals surface area contributed by atoms with Crippen molar-refractivity contribution in [2.45, 2.75) is 39.0 Å². The van der Waals surface area contributed by atoms with Gasteiger partial charge in [-0.1, -0.05) is 41.0 Å². The van der Waals surface area contributed by atoms with Crippen LogP contribution in [0.1, 0.15) is 42.1 Å². The highest BCUT2D eigenvalue weighted by Crippen LogP contribution is 2.40. The van der Waals surface area contributed by atoms with Crippen LogP contribution in [0.4, 0.5) is 14.7 Å². The van der Waals surface area contributed by atoms with Crippen molar-refractivity contribution < 1.29 is 18.3 Å². The maximum absolute atomic E-state index is 12.7. The molecule has 1 N–H and O–H groups in total. The van der Waals surface area contributed by atoms with E-state index in [9.17, 15) is 8.78 Å². The summed E-state index contributed by atoms with van der Waals surface area (Å²) in [5.74, 6) is 0.830. The van der Waals surface area contributed by atoms with Gasteiger partial charge in [-0.2, -0.15) is 8.78 Å². The molecule has 3 aromatic rings. The van der Waals surface area contributed by atoms with Crippen molar-refractivity contribution >= 4 is 5.95 Å². The normalized spacial score (nSPS) is 18.2. The number of nitrogens with zero attached hydrogens (tertiary/aromatic N) is 4. The van der Waals surface area contributed by atoms with Crippen LogP contribution in [0.3, 0.4) is 0 Å². The summed E-state index contributed by atoms with van der Waals surface area (Å²) in [7, 11) is 0. The van der Waals surface area contributed by atoms with Crippen molar-refractivity contribution in [3.8, 4) is 11.5 Å². The summed E-state index contributed by atoms with van der Waals surface area (Å²) in [4.78, 5) is 0. The Bertz CT molecular complexity index is 995. The van der Waals surface area contributed by atoms with Crippen molar-refractivity contribution in [3.63, 3.8) is 0 Å². The zero-order valence-electron chi connectivity index (χ0n) is 16.0. The third-order valence-electron chi connectivity index (χ3n) is 4.86. The molecule has 1 aliphatic heterocycles. The van der Waals surface area contributed by atoms with E-state index in [2.05, 4.69) is 37.7 Å². The maximum Gasteiger partial charge on any atom is 0.387 e. The number of nitrogens with one attached hydrogen (secondary N) is 1. The van der Waals surface area contributed by atoms with Crippen LogP contribution in [0.2, 0.25) is 0 Å². The number of anilines is 1. The van der Waals surface area contributed by atoms with Gasteiger partial charge in [-0.15, -0.1) is 0 Å². The molecular formula is C20H21F2N5O2. The molecule has 29 heavy (non-hydrogen) atoms. The van der Waals surface area contributed by atoms with Gasteiger partial charge in [-0.3, -0.25) is 0 Å². The van der Waals surface area contributed by atoms with Gasteiger partial charge in [0.05, 0.1) is 18.7 Å². The second-order valence-corrected chi connectivity index (χ2v) is 6.83. The molecule has 2 unspecified atom stereocenters. The molecule has 4 rings (SSSR count). The topological polar surface area (TPSA) is 74.1 Å². The number of aromatic nitrogens is 4. The second kappa shape index (κ2) is 8.02. The van der Waals surface area contributed by atoms with Gasteiger partial charge in [0.2, 0.25) is 5.95 Å². The zero-order valence-corrected chi connectivity index (χ0v) is 16.0. The number of tetrazole rings is 1. The lowest BCUT2D eigenvalue weighted by Gasteiger charge is -2.31. The molecule has 152 valence electrons. The van der Waals surface area contributed by atoms with Crippen LogP contribution in [0.25, 0.3) is 0 Å². The van der Waals surface area contributed by atoms with Crippen molar-refractivity contribution in [1.29, 1.82) is 0 Å². The van der Waals surface area contributed by atoms with Gasteiger partial charge in [0.1, 0.15) is 0 Å². The smallest absolute Gasteiger partial charge is 0.387 e. The van der Waals surface area contributed by atoms with Crippen molar-refractivity contribution in [3.05, 3.63) is 59.2 Å². The fourth-order valence-electron chi connectivity index (χ4n) is 3.61. The number of benzene rings is 2. The van der Waals surface area contributed by atoms with E-state index in [0.29, 0.717) is 19.0 Å². The maximum atomic E-state index is 12.7. The molecule has 1 aromatic heterocycles. The van der Waals surface area contributed by atoms with Crippen LogP contribution in [0, 0.1) is 6.92 Å². The van der Waals surface area contributed by atoms with Gasteiger partial charge in [0.25, 0.3) is 0 Å². The number of fused-ring (bicyclic) bond motifs is 1. The SMILES string of the molecule is CCOc1cc(C2CC(c3cccc(C)c3)Nc3nnnn32)ccc1OC(F)F. The Morgan fingerprint density at radius 3 is 2.79 bits per heavy atom. The van der Waals surface area contributed by atoms with Gasteiger partial charge in [0.15, 0.2) is 11.5 Å². The second-order valence-electron chi connectivity index (χ2n) is 6.83. The first-order valence-corrected chi connectivity index (χ1v) is 9.37. The van der Waals surface area contributed by atoms with Crippen LogP contribution in [0.15, 0.2) is 42.5 Å². The summed E-state index contributed by atoms with van der Waals surface area (Å²) in [6, 6.07) is 13.0. The van der Waals surface area contributed by atoms with Crippen molar-refractivity contribution in [2.75, 3.05) is 11.9 Å². The highest BCUT2D eigenvalue weighted by molar-refractivity contribution is 5.46. The molecule has 0 bridgehead atoms. The molecule has 2 heterocycles. The number of rotatable bonds is 6. The lowest BCUT2D eigenvalue weighted by atomic mass is 9.92. The third-order valence-corrected chi connectivity index (χ3v) is 4.86. The lowest BCUT2D eigenvalue weighted by Crippen LogP contribution is -2.28. The molecule has 1 aliphatic rings.